The van der Waals surface area contributed by atoms with E-state index >= 15 is 0 Å². The lowest BCUT2D eigenvalue weighted by molar-refractivity contribution is -0.124. The maximum atomic E-state index is 11.8. The number of hydrogen-bond acceptors (Lipinski definition) is 3. The summed E-state index contributed by atoms with van der Waals surface area (Å²) in [6, 6.07) is 3.64. The van der Waals surface area contributed by atoms with Crippen LogP contribution in [-0.2, 0) is 4.79 Å². The molecule has 1 atom stereocenters. The molecule has 0 saturated carbocycles. The van der Waals surface area contributed by atoms with Crippen molar-refractivity contribution in [1.29, 1.82) is 0 Å². The maximum Gasteiger partial charge on any atom is 0.246 e. The molecule has 86 valence electrons. The Morgan fingerprint density at radius 2 is 2.56 bits per heavy atom. The highest BCUT2D eigenvalue weighted by Crippen LogP contribution is 2.20. The van der Waals surface area contributed by atoms with E-state index in [2.05, 4.69) is 6.26 Å². The van der Waals surface area contributed by atoms with Crippen LogP contribution >= 0.6 is 11.8 Å². The molecule has 0 aromatic carbocycles. The van der Waals surface area contributed by atoms with Gasteiger partial charge in [0.1, 0.15) is 5.76 Å². The minimum Gasteiger partial charge on any atom is -0.465 e. The summed E-state index contributed by atoms with van der Waals surface area (Å²) in [5.74, 6) is 0.793. The van der Waals surface area contributed by atoms with Crippen LogP contribution < -0.4 is 0 Å². The lowest BCUT2D eigenvalue weighted by Crippen LogP contribution is -2.27. The molecule has 0 spiro atoms. The van der Waals surface area contributed by atoms with Crippen LogP contribution in [-0.4, -0.2) is 35.4 Å². The number of carbonyl (C=O) groups is 1. The molecule has 1 unspecified atom stereocenters. The molecule has 0 N–H and O–H groups in total. The van der Waals surface area contributed by atoms with E-state index in [4.69, 9.17) is 4.42 Å². The SMILES string of the molecule is CSC1CCN(C(=O)/C=C/c2ccco2)C1. The normalized spacial score (nSPS) is 20.8. The third kappa shape index (κ3) is 2.70. The molecule has 0 radical (unpaired) electrons. The zero-order chi connectivity index (χ0) is 11.4. The van der Waals surface area contributed by atoms with Crippen molar-refractivity contribution < 1.29 is 9.21 Å². The number of amides is 1. The molecule has 1 aromatic heterocycles. The van der Waals surface area contributed by atoms with Gasteiger partial charge in [-0.3, -0.25) is 4.79 Å². The second-order valence-electron chi connectivity index (χ2n) is 3.78. The summed E-state index contributed by atoms with van der Waals surface area (Å²) in [6.07, 6.45) is 8.10. The van der Waals surface area contributed by atoms with E-state index in [0.717, 1.165) is 19.5 Å². The summed E-state index contributed by atoms with van der Waals surface area (Å²) in [6.45, 7) is 1.73. The Hall–Kier alpha value is -1.16. The zero-order valence-electron chi connectivity index (χ0n) is 9.26. The molecule has 3 nitrogen and oxygen atoms in total. The third-order valence-corrected chi connectivity index (χ3v) is 3.77. The summed E-state index contributed by atoms with van der Waals surface area (Å²) >= 11 is 1.83. The molecular weight excluding hydrogens is 222 g/mol. The van der Waals surface area contributed by atoms with Gasteiger partial charge in [0, 0.05) is 24.4 Å². The lowest BCUT2D eigenvalue weighted by Gasteiger charge is -2.13. The van der Waals surface area contributed by atoms with Crippen molar-refractivity contribution in [2.24, 2.45) is 0 Å². The number of likely N-dealkylation sites (tertiary alicyclic amines) is 1. The fourth-order valence-electron chi connectivity index (χ4n) is 1.77. The highest BCUT2D eigenvalue weighted by molar-refractivity contribution is 7.99. The minimum atomic E-state index is 0.0768. The lowest BCUT2D eigenvalue weighted by atomic mass is 10.3. The van der Waals surface area contributed by atoms with Gasteiger partial charge in [0.15, 0.2) is 0 Å². The van der Waals surface area contributed by atoms with Crippen molar-refractivity contribution >= 4 is 23.7 Å². The average Bonchev–Trinajstić information content (AvgIpc) is 2.96. The van der Waals surface area contributed by atoms with Crippen LogP contribution in [0.25, 0.3) is 6.08 Å². The Bertz CT molecular complexity index is 372. The van der Waals surface area contributed by atoms with Crippen LogP contribution in [0.4, 0.5) is 0 Å². The maximum absolute atomic E-state index is 11.8. The molecule has 1 aliphatic heterocycles. The van der Waals surface area contributed by atoms with E-state index in [1.807, 2.05) is 28.8 Å². The van der Waals surface area contributed by atoms with Gasteiger partial charge in [0.05, 0.1) is 6.26 Å². The van der Waals surface area contributed by atoms with E-state index < -0.39 is 0 Å². The zero-order valence-corrected chi connectivity index (χ0v) is 10.1. The fourth-order valence-corrected chi connectivity index (χ4v) is 2.44. The molecule has 1 aromatic rings. The summed E-state index contributed by atoms with van der Waals surface area (Å²) in [7, 11) is 0. The van der Waals surface area contributed by atoms with Crippen molar-refractivity contribution in [3.63, 3.8) is 0 Å². The molecule has 0 aliphatic carbocycles. The topological polar surface area (TPSA) is 33.5 Å². The van der Waals surface area contributed by atoms with E-state index in [0.29, 0.717) is 11.0 Å². The minimum absolute atomic E-state index is 0.0768. The molecule has 1 aliphatic rings. The van der Waals surface area contributed by atoms with Gasteiger partial charge < -0.3 is 9.32 Å². The first-order valence-electron chi connectivity index (χ1n) is 5.33. The van der Waals surface area contributed by atoms with Crippen molar-refractivity contribution in [2.45, 2.75) is 11.7 Å². The van der Waals surface area contributed by atoms with Gasteiger partial charge >= 0.3 is 0 Å². The number of rotatable bonds is 3. The van der Waals surface area contributed by atoms with Crippen LogP contribution in [0.15, 0.2) is 28.9 Å². The Balaban J connectivity index is 1.89. The van der Waals surface area contributed by atoms with Gasteiger partial charge in [-0.25, -0.2) is 0 Å². The van der Waals surface area contributed by atoms with Gasteiger partial charge in [0.2, 0.25) is 5.91 Å². The summed E-state index contributed by atoms with van der Waals surface area (Å²) in [5.41, 5.74) is 0. The van der Waals surface area contributed by atoms with Crippen LogP contribution in [0.3, 0.4) is 0 Å². The Labute approximate surface area is 99.5 Å². The standard InChI is InChI=1S/C12H15NO2S/c1-16-11-6-7-13(9-11)12(14)5-4-10-3-2-8-15-10/h2-5,8,11H,6-7,9H2,1H3/b5-4+. The molecule has 4 heteroatoms. The Kier molecular flexibility index (Phi) is 3.72. The van der Waals surface area contributed by atoms with E-state index in [-0.39, 0.29) is 5.91 Å². The van der Waals surface area contributed by atoms with Gasteiger partial charge in [-0.2, -0.15) is 11.8 Å². The number of thioether (sulfide) groups is 1. The molecular formula is C12H15NO2S. The van der Waals surface area contributed by atoms with Crippen molar-refractivity contribution in [1.82, 2.24) is 4.90 Å². The van der Waals surface area contributed by atoms with Crippen LogP contribution in [0.1, 0.15) is 12.2 Å². The second kappa shape index (κ2) is 5.25. The molecule has 0 bridgehead atoms. The van der Waals surface area contributed by atoms with E-state index in [9.17, 15) is 4.79 Å². The van der Waals surface area contributed by atoms with Gasteiger partial charge in [-0.1, -0.05) is 0 Å². The highest BCUT2D eigenvalue weighted by Gasteiger charge is 2.23. The number of furan rings is 1. The van der Waals surface area contributed by atoms with Crippen molar-refractivity contribution in [2.75, 3.05) is 19.3 Å². The van der Waals surface area contributed by atoms with Crippen molar-refractivity contribution in [3.05, 3.63) is 30.2 Å². The summed E-state index contributed by atoms with van der Waals surface area (Å²) in [4.78, 5) is 13.7. The van der Waals surface area contributed by atoms with Gasteiger partial charge in [-0.15, -0.1) is 0 Å². The monoisotopic (exact) mass is 237 g/mol. The first kappa shape index (κ1) is 11.3. The van der Waals surface area contributed by atoms with E-state index in [1.165, 1.54) is 0 Å². The summed E-state index contributed by atoms with van der Waals surface area (Å²) in [5, 5.41) is 0.598. The Morgan fingerprint density at radius 3 is 3.19 bits per heavy atom. The highest BCUT2D eigenvalue weighted by atomic mass is 32.2. The van der Waals surface area contributed by atoms with Gasteiger partial charge in [0.25, 0.3) is 0 Å². The molecule has 2 rings (SSSR count). The molecule has 1 amide bonds. The molecule has 16 heavy (non-hydrogen) atoms. The first-order chi connectivity index (χ1) is 7.79. The second-order valence-corrected chi connectivity index (χ2v) is 4.92. The van der Waals surface area contributed by atoms with E-state index in [1.54, 1.807) is 18.4 Å². The van der Waals surface area contributed by atoms with Crippen LogP contribution in [0, 0.1) is 0 Å². The smallest absolute Gasteiger partial charge is 0.246 e. The van der Waals surface area contributed by atoms with Crippen LogP contribution in [0.5, 0.6) is 0 Å². The summed E-state index contributed by atoms with van der Waals surface area (Å²) < 4.78 is 5.13. The number of carbonyl (C=O) groups excluding carboxylic acids is 1. The number of nitrogens with zero attached hydrogens (tertiary/aromatic N) is 1. The molecule has 2 heterocycles. The predicted molar refractivity (Wildman–Crippen MR) is 66.2 cm³/mol. The average molecular weight is 237 g/mol. The van der Waals surface area contributed by atoms with Gasteiger partial charge in [-0.05, 0) is 30.9 Å². The predicted octanol–water partition coefficient (Wildman–Crippen LogP) is 2.26. The number of hydrogen-bond donors (Lipinski definition) is 0. The quantitative estimate of drug-likeness (QED) is 0.756. The fraction of sp³-hybridized carbons (Fsp3) is 0.417. The molecule has 1 fully saturated rings. The molecule has 1 saturated heterocycles. The van der Waals surface area contributed by atoms with Crippen LogP contribution in [0.2, 0.25) is 0 Å². The third-order valence-electron chi connectivity index (χ3n) is 2.72. The largest absolute Gasteiger partial charge is 0.465 e. The Morgan fingerprint density at radius 1 is 1.69 bits per heavy atom. The first-order valence-corrected chi connectivity index (χ1v) is 6.61. The van der Waals surface area contributed by atoms with Crippen molar-refractivity contribution in [3.8, 4) is 0 Å².